The Hall–Kier alpha value is -1.33. The third-order valence-corrected chi connectivity index (χ3v) is 3.36. The minimum absolute atomic E-state index is 0.191. The largest absolute Gasteiger partial charge is 0.384 e. The first-order valence-electron chi connectivity index (χ1n) is 5.36. The lowest BCUT2D eigenvalue weighted by Gasteiger charge is -2.35. The molecule has 2 rings (SSSR count). The number of hydrogen-bond acceptors (Lipinski definition) is 2. The molecule has 15 heavy (non-hydrogen) atoms. The average Bonchev–Trinajstić information content (AvgIpc) is 2.25. The molecule has 0 aromatic heterocycles. The fraction of sp³-hybridized carbons (Fsp3) is 0.462. The Morgan fingerprint density at radius 2 is 2.27 bits per heavy atom. The van der Waals surface area contributed by atoms with Gasteiger partial charge in [0, 0.05) is 0 Å². The molecule has 2 atom stereocenters. The first-order valence-corrected chi connectivity index (χ1v) is 5.36. The van der Waals surface area contributed by atoms with Gasteiger partial charge in [-0.1, -0.05) is 31.2 Å². The highest BCUT2D eigenvalue weighted by molar-refractivity contribution is 5.37. The highest BCUT2D eigenvalue weighted by Crippen LogP contribution is 2.42. The fourth-order valence-electron chi connectivity index (χ4n) is 2.41. The molecule has 1 aliphatic rings. The van der Waals surface area contributed by atoms with Crippen LogP contribution >= 0.6 is 0 Å². The van der Waals surface area contributed by atoms with Crippen LogP contribution in [0.3, 0.4) is 0 Å². The normalized spacial score (nSPS) is 29.3. The summed E-state index contributed by atoms with van der Waals surface area (Å²) in [5.41, 5.74) is 1.23. The zero-order valence-corrected chi connectivity index (χ0v) is 8.90. The molecular weight excluding hydrogens is 186 g/mol. The zero-order valence-electron chi connectivity index (χ0n) is 8.90. The smallest absolute Gasteiger partial charge is 0.103 e. The molecule has 2 unspecified atom stereocenters. The average molecular weight is 201 g/mol. The molecule has 0 saturated carbocycles. The maximum Gasteiger partial charge on any atom is 0.103 e. The van der Waals surface area contributed by atoms with Crippen LogP contribution in [0.15, 0.2) is 24.3 Å². The van der Waals surface area contributed by atoms with Crippen LogP contribution in [0.5, 0.6) is 0 Å². The minimum Gasteiger partial charge on any atom is -0.384 e. The van der Waals surface area contributed by atoms with E-state index in [0.717, 1.165) is 12.0 Å². The minimum atomic E-state index is -0.919. The van der Waals surface area contributed by atoms with Gasteiger partial charge in [-0.3, -0.25) is 0 Å². The second kappa shape index (κ2) is 3.67. The highest BCUT2D eigenvalue weighted by Gasteiger charge is 2.36. The molecule has 1 aromatic rings. The molecule has 2 nitrogen and oxygen atoms in total. The van der Waals surface area contributed by atoms with E-state index < -0.39 is 5.60 Å². The Balaban J connectivity index is 2.49. The Labute approximate surface area is 90.2 Å². The molecule has 0 heterocycles. The second-order valence-electron chi connectivity index (χ2n) is 4.39. The van der Waals surface area contributed by atoms with Crippen LogP contribution in [0.25, 0.3) is 0 Å². The van der Waals surface area contributed by atoms with Crippen molar-refractivity contribution < 1.29 is 5.11 Å². The topological polar surface area (TPSA) is 44.0 Å². The Morgan fingerprint density at radius 3 is 3.00 bits per heavy atom. The van der Waals surface area contributed by atoms with Crippen molar-refractivity contribution in [1.29, 1.82) is 5.26 Å². The van der Waals surface area contributed by atoms with Crippen LogP contribution in [-0.2, 0) is 5.60 Å². The van der Waals surface area contributed by atoms with Crippen LogP contribution in [0.1, 0.15) is 43.2 Å². The summed E-state index contributed by atoms with van der Waals surface area (Å²) in [6.45, 7) is 2.17. The molecule has 0 bridgehead atoms. The number of rotatable bonds is 1. The lowest BCUT2D eigenvalue weighted by atomic mass is 9.73. The van der Waals surface area contributed by atoms with Crippen LogP contribution in [0.2, 0.25) is 0 Å². The van der Waals surface area contributed by atoms with Crippen molar-refractivity contribution in [3.8, 4) is 6.07 Å². The number of benzene rings is 1. The van der Waals surface area contributed by atoms with Crippen molar-refractivity contribution in [2.75, 3.05) is 0 Å². The zero-order chi connectivity index (χ0) is 10.9. The van der Waals surface area contributed by atoms with E-state index >= 15 is 0 Å². The molecule has 0 saturated heterocycles. The summed E-state index contributed by atoms with van der Waals surface area (Å²) >= 11 is 0. The van der Waals surface area contributed by atoms with E-state index in [0.29, 0.717) is 12.3 Å². The van der Waals surface area contributed by atoms with Crippen molar-refractivity contribution in [1.82, 2.24) is 0 Å². The van der Waals surface area contributed by atoms with Gasteiger partial charge in [0.05, 0.1) is 12.5 Å². The molecular formula is C13H15NO. The summed E-state index contributed by atoms with van der Waals surface area (Å²) in [5, 5.41) is 19.2. The SMILES string of the molecule is CC1CCC(O)(CC#N)c2ccccc21. The standard InChI is InChI=1S/C13H15NO/c1-10-6-7-13(15,8-9-14)12-5-3-2-4-11(10)12/h2-5,10,15H,6-8H2,1H3. The van der Waals surface area contributed by atoms with Gasteiger partial charge in [-0.15, -0.1) is 0 Å². The van der Waals surface area contributed by atoms with E-state index in [1.165, 1.54) is 5.56 Å². The first-order chi connectivity index (χ1) is 7.17. The summed E-state index contributed by atoms with van der Waals surface area (Å²) in [6, 6.07) is 10.0. The van der Waals surface area contributed by atoms with Gasteiger partial charge in [-0.2, -0.15) is 5.26 Å². The van der Waals surface area contributed by atoms with Crippen molar-refractivity contribution in [2.24, 2.45) is 0 Å². The van der Waals surface area contributed by atoms with Crippen molar-refractivity contribution in [3.63, 3.8) is 0 Å². The molecule has 0 radical (unpaired) electrons. The third-order valence-electron chi connectivity index (χ3n) is 3.36. The summed E-state index contributed by atoms with van der Waals surface area (Å²) in [5.74, 6) is 0.486. The van der Waals surface area contributed by atoms with E-state index in [1.807, 2.05) is 18.2 Å². The molecule has 0 amide bonds. The predicted molar refractivity (Wildman–Crippen MR) is 58.2 cm³/mol. The molecule has 78 valence electrons. The molecule has 1 aromatic carbocycles. The van der Waals surface area contributed by atoms with Crippen LogP contribution in [0.4, 0.5) is 0 Å². The van der Waals surface area contributed by atoms with Gasteiger partial charge in [-0.25, -0.2) is 0 Å². The van der Waals surface area contributed by atoms with Gasteiger partial charge in [0.15, 0.2) is 0 Å². The van der Waals surface area contributed by atoms with E-state index in [9.17, 15) is 5.11 Å². The number of aliphatic hydroxyl groups is 1. The fourth-order valence-corrected chi connectivity index (χ4v) is 2.41. The van der Waals surface area contributed by atoms with Gasteiger partial charge < -0.3 is 5.11 Å². The molecule has 0 fully saturated rings. The maximum absolute atomic E-state index is 10.4. The van der Waals surface area contributed by atoms with Crippen LogP contribution in [0, 0.1) is 11.3 Å². The second-order valence-corrected chi connectivity index (χ2v) is 4.39. The highest BCUT2D eigenvalue weighted by atomic mass is 16.3. The number of nitriles is 1. The molecule has 1 aliphatic carbocycles. The van der Waals surface area contributed by atoms with Gasteiger partial charge in [0.2, 0.25) is 0 Å². The third kappa shape index (κ3) is 1.64. The van der Waals surface area contributed by atoms with Crippen LogP contribution < -0.4 is 0 Å². The Bertz CT molecular complexity index is 407. The summed E-state index contributed by atoms with van der Waals surface area (Å²) in [4.78, 5) is 0. The number of fused-ring (bicyclic) bond motifs is 1. The number of hydrogen-bond donors (Lipinski definition) is 1. The van der Waals surface area contributed by atoms with Crippen LogP contribution in [-0.4, -0.2) is 5.11 Å². The summed E-state index contributed by atoms with van der Waals surface area (Å²) in [7, 11) is 0. The summed E-state index contributed by atoms with van der Waals surface area (Å²) < 4.78 is 0. The molecule has 0 spiro atoms. The molecule has 0 aliphatic heterocycles. The van der Waals surface area contributed by atoms with Crippen molar-refractivity contribution in [3.05, 3.63) is 35.4 Å². The number of nitrogens with zero attached hydrogens (tertiary/aromatic N) is 1. The van der Waals surface area contributed by atoms with E-state index in [2.05, 4.69) is 19.1 Å². The maximum atomic E-state index is 10.4. The monoisotopic (exact) mass is 201 g/mol. The lowest BCUT2D eigenvalue weighted by molar-refractivity contribution is 0.0203. The lowest BCUT2D eigenvalue weighted by Crippen LogP contribution is -2.31. The van der Waals surface area contributed by atoms with E-state index in [1.54, 1.807) is 0 Å². The van der Waals surface area contributed by atoms with E-state index in [4.69, 9.17) is 5.26 Å². The molecule has 1 N–H and O–H groups in total. The van der Waals surface area contributed by atoms with Crippen molar-refractivity contribution >= 4 is 0 Å². The van der Waals surface area contributed by atoms with Gasteiger partial charge >= 0.3 is 0 Å². The quantitative estimate of drug-likeness (QED) is 0.759. The Morgan fingerprint density at radius 1 is 1.53 bits per heavy atom. The molecule has 2 heteroatoms. The van der Waals surface area contributed by atoms with Gasteiger partial charge in [0.1, 0.15) is 5.60 Å². The van der Waals surface area contributed by atoms with E-state index in [-0.39, 0.29) is 6.42 Å². The van der Waals surface area contributed by atoms with Gasteiger partial charge in [-0.05, 0) is 29.9 Å². The van der Waals surface area contributed by atoms with Crippen molar-refractivity contribution in [2.45, 2.75) is 37.7 Å². The first kappa shape index (κ1) is 10.2. The summed E-state index contributed by atoms with van der Waals surface area (Å²) in [6.07, 6.45) is 1.84. The van der Waals surface area contributed by atoms with Gasteiger partial charge in [0.25, 0.3) is 0 Å². The Kier molecular flexibility index (Phi) is 2.50. The predicted octanol–water partition coefficient (Wildman–Crippen LogP) is 2.69.